The summed E-state index contributed by atoms with van der Waals surface area (Å²) in [5.41, 5.74) is 6.10. The number of aryl methyl sites for hydroxylation is 1. The van der Waals surface area contributed by atoms with Crippen molar-refractivity contribution in [2.75, 3.05) is 6.54 Å². The Labute approximate surface area is 98.0 Å². The zero-order valence-electron chi connectivity index (χ0n) is 9.58. The molecule has 2 nitrogen and oxygen atoms in total. The largest absolute Gasteiger partial charge is 0.351 e. The lowest BCUT2D eigenvalue weighted by atomic mass is 9.92. The van der Waals surface area contributed by atoms with Gasteiger partial charge < -0.3 is 10.3 Å². The summed E-state index contributed by atoms with van der Waals surface area (Å²) in [6, 6.07) is 7.42. The van der Waals surface area contributed by atoms with Gasteiger partial charge in [-0.1, -0.05) is 12.1 Å². The molecule has 0 bridgehead atoms. The molecule has 1 unspecified atom stereocenters. The van der Waals surface area contributed by atoms with Crippen LogP contribution in [0, 0.1) is 0 Å². The quantitative estimate of drug-likeness (QED) is 0.853. The molecular weight excluding hydrogens is 222 g/mol. The van der Waals surface area contributed by atoms with Crippen molar-refractivity contribution >= 4 is 10.9 Å². The molecule has 0 aliphatic heterocycles. The van der Waals surface area contributed by atoms with Crippen molar-refractivity contribution < 1.29 is 8.78 Å². The number of hydrogen-bond acceptors (Lipinski definition) is 1. The molecule has 3 rings (SSSR count). The Kier molecular flexibility index (Phi) is 1.94. The van der Waals surface area contributed by atoms with E-state index >= 15 is 0 Å². The highest BCUT2D eigenvalue weighted by molar-refractivity contribution is 5.85. The van der Waals surface area contributed by atoms with Crippen LogP contribution in [-0.2, 0) is 12.5 Å². The van der Waals surface area contributed by atoms with Crippen molar-refractivity contribution in [3.63, 3.8) is 0 Å². The van der Waals surface area contributed by atoms with Gasteiger partial charge in [0, 0.05) is 37.1 Å². The first-order valence-electron chi connectivity index (χ1n) is 5.64. The molecule has 2 N–H and O–H groups in total. The highest BCUT2D eigenvalue weighted by Gasteiger charge is 2.71. The van der Waals surface area contributed by atoms with Crippen LogP contribution in [0.15, 0.2) is 30.5 Å². The highest BCUT2D eigenvalue weighted by atomic mass is 19.3. The van der Waals surface area contributed by atoms with E-state index in [1.807, 2.05) is 36.0 Å². The van der Waals surface area contributed by atoms with Gasteiger partial charge in [0.15, 0.2) is 0 Å². The molecule has 2 aromatic rings. The molecule has 1 aliphatic carbocycles. The van der Waals surface area contributed by atoms with Gasteiger partial charge in [-0.25, -0.2) is 8.78 Å². The van der Waals surface area contributed by atoms with E-state index in [4.69, 9.17) is 5.73 Å². The molecule has 1 aliphatic rings. The summed E-state index contributed by atoms with van der Waals surface area (Å²) < 4.78 is 29.1. The minimum Gasteiger partial charge on any atom is -0.351 e. The predicted molar refractivity (Wildman–Crippen MR) is 63.2 cm³/mol. The second kappa shape index (κ2) is 3.07. The molecule has 0 spiro atoms. The number of halogens is 2. The summed E-state index contributed by atoms with van der Waals surface area (Å²) in [5.74, 6) is -2.66. The number of nitrogens with zero attached hydrogens (tertiary/aromatic N) is 1. The van der Waals surface area contributed by atoms with Crippen molar-refractivity contribution in [1.82, 2.24) is 4.57 Å². The lowest BCUT2D eigenvalue weighted by Gasteiger charge is -2.15. The first-order valence-corrected chi connectivity index (χ1v) is 5.64. The number of fused-ring (bicyclic) bond motifs is 1. The fourth-order valence-electron chi connectivity index (χ4n) is 2.68. The number of aromatic nitrogens is 1. The van der Waals surface area contributed by atoms with Gasteiger partial charge >= 0.3 is 0 Å². The van der Waals surface area contributed by atoms with E-state index in [1.54, 1.807) is 6.07 Å². The molecule has 0 radical (unpaired) electrons. The minimum absolute atomic E-state index is 0.00594. The van der Waals surface area contributed by atoms with E-state index in [0.717, 1.165) is 10.9 Å². The Hall–Kier alpha value is -1.42. The van der Waals surface area contributed by atoms with E-state index in [2.05, 4.69) is 0 Å². The van der Waals surface area contributed by atoms with Gasteiger partial charge in [0.05, 0.1) is 5.41 Å². The third-order valence-electron chi connectivity index (χ3n) is 3.89. The summed E-state index contributed by atoms with van der Waals surface area (Å²) in [7, 11) is 1.91. The Morgan fingerprint density at radius 2 is 2.06 bits per heavy atom. The van der Waals surface area contributed by atoms with Crippen LogP contribution in [0.2, 0.25) is 0 Å². The van der Waals surface area contributed by atoms with Crippen molar-refractivity contribution in [3.05, 3.63) is 36.0 Å². The Morgan fingerprint density at radius 1 is 1.35 bits per heavy atom. The average Bonchev–Trinajstić information content (AvgIpc) is 2.67. The summed E-state index contributed by atoms with van der Waals surface area (Å²) in [6.07, 6.45) is 1.75. The third-order valence-corrected chi connectivity index (χ3v) is 3.89. The van der Waals surface area contributed by atoms with Crippen LogP contribution in [0.1, 0.15) is 12.0 Å². The highest BCUT2D eigenvalue weighted by Crippen LogP contribution is 2.61. The summed E-state index contributed by atoms with van der Waals surface area (Å²) in [4.78, 5) is 0. The van der Waals surface area contributed by atoms with Crippen molar-refractivity contribution in [1.29, 1.82) is 0 Å². The molecule has 1 heterocycles. The summed E-state index contributed by atoms with van der Waals surface area (Å²) >= 11 is 0. The molecule has 1 aromatic heterocycles. The Bertz CT molecular complexity index is 588. The van der Waals surface area contributed by atoms with Gasteiger partial charge in [0.1, 0.15) is 0 Å². The smallest absolute Gasteiger partial charge is 0.260 e. The van der Waals surface area contributed by atoms with Crippen molar-refractivity contribution in [2.24, 2.45) is 12.8 Å². The van der Waals surface area contributed by atoms with Gasteiger partial charge in [0.2, 0.25) is 0 Å². The molecule has 0 saturated heterocycles. The van der Waals surface area contributed by atoms with Crippen LogP contribution in [-0.4, -0.2) is 17.0 Å². The molecule has 90 valence electrons. The minimum atomic E-state index is -2.66. The molecule has 4 heteroatoms. The maximum atomic E-state index is 13.6. The summed E-state index contributed by atoms with van der Waals surface area (Å²) in [6.45, 7) is -0.00594. The van der Waals surface area contributed by atoms with E-state index in [-0.39, 0.29) is 13.0 Å². The maximum absolute atomic E-state index is 13.6. The fourth-order valence-corrected chi connectivity index (χ4v) is 2.68. The second-order valence-corrected chi connectivity index (χ2v) is 4.83. The monoisotopic (exact) mass is 236 g/mol. The lowest BCUT2D eigenvalue weighted by Crippen LogP contribution is -2.26. The fraction of sp³-hybridized carbons (Fsp3) is 0.385. The number of hydrogen-bond donors (Lipinski definition) is 1. The first-order chi connectivity index (χ1) is 8.02. The Balaban J connectivity index is 2.25. The average molecular weight is 236 g/mol. The van der Waals surface area contributed by atoms with E-state index < -0.39 is 11.3 Å². The number of benzene rings is 1. The molecule has 1 fully saturated rings. The second-order valence-electron chi connectivity index (χ2n) is 4.83. The van der Waals surface area contributed by atoms with Crippen LogP contribution in [0.5, 0.6) is 0 Å². The van der Waals surface area contributed by atoms with E-state index in [0.29, 0.717) is 5.56 Å². The number of rotatable bonds is 2. The van der Waals surface area contributed by atoms with E-state index in [9.17, 15) is 8.78 Å². The number of alkyl halides is 2. The molecule has 1 saturated carbocycles. The normalized spacial score (nSPS) is 26.4. The zero-order valence-corrected chi connectivity index (χ0v) is 9.58. The van der Waals surface area contributed by atoms with Crippen LogP contribution in [0.3, 0.4) is 0 Å². The lowest BCUT2D eigenvalue weighted by molar-refractivity contribution is 0.0899. The first kappa shape index (κ1) is 10.7. The maximum Gasteiger partial charge on any atom is 0.260 e. The van der Waals surface area contributed by atoms with Gasteiger partial charge in [-0.2, -0.15) is 0 Å². The topological polar surface area (TPSA) is 30.9 Å². The van der Waals surface area contributed by atoms with Crippen LogP contribution in [0.25, 0.3) is 10.9 Å². The molecule has 17 heavy (non-hydrogen) atoms. The van der Waals surface area contributed by atoms with Crippen molar-refractivity contribution in [2.45, 2.75) is 17.8 Å². The van der Waals surface area contributed by atoms with E-state index in [1.165, 1.54) is 0 Å². The van der Waals surface area contributed by atoms with Crippen LogP contribution in [0.4, 0.5) is 8.78 Å². The molecule has 1 atom stereocenters. The van der Waals surface area contributed by atoms with Gasteiger partial charge in [-0.05, 0) is 17.7 Å². The Morgan fingerprint density at radius 3 is 2.65 bits per heavy atom. The molecule has 1 aromatic carbocycles. The van der Waals surface area contributed by atoms with Crippen LogP contribution >= 0.6 is 0 Å². The molecule has 0 amide bonds. The van der Waals surface area contributed by atoms with Gasteiger partial charge in [-0.15, -0.1) is 0 Å². The predicted octanol–water partition coefficient (Wildman–Crippen LogP) is 2.41. The number of nitrogens with two attached hydrogens (primary N) is 1. The summed E-state index contributed by atoms with van der Waals surface area (Å²) in [5, 5.41) is 0.887. The third kappa shape index (κ3) is 1.21. The molecular formula is C13H14F2N2. The SMILES string of the molecule is Cn1ccc2c(C3(CN)CC3(F)F)cccc21. The van der Waals surface area contributed by atoms with Gasteiger partial charge in [-0.3, -0.25) is 0 Å². The standard InChI is InChI=1S/C13H14F2N2/c1-17-6-5-9-10(3-2-4-11(9)17)12(8-16)7-13(12,14)15/h2-6H,7-8,16H2,1H3. The zero-order chi connectivity index (χ0) is 12.3. The van der Waals surface area contributed by atoms with Crippen LogP contribution < -0.4 is 5.73 Å². The van der Waals surface area contributed by atoms with Gasteiger partial charge in [0.25, 0.3) is 5.92 Å². The van der Waals surface area contributed by atoms with Crippen molar-refractivity contribution in [3.8, 4) is 0 Å².